The van der Waals surface area contributed by atoms with Crippen molar-refractivity contribution < 1.29 is 14.6 Å². The van der Waals surface area contributed by atoms with Crippen LogP contribution < -0.4 is 10.0 Å². The van der Waals surface area contributed by atoms with E-state index < -0.39 is 6.10 Å². The van der Waals surface area contributed by atoms with E-state index in [0.717, 1.165) is 16.9 Å². The quantitative estimate of drug-likeness (QED) is 0.616. The molecule has 2 aromatic carbocycles. The molecule has 2 atom stereocenters. The summed E-state index contributed by atoms with van der Waals surface area (Å²) in [5.41, 5.74) is 2.14. The Balaban J connectivity index is 2.33. The number of ether oxygens (including phenoxy) is 2. The lowest BCUT2D eigenvalue weighted by atomic mass is 10.0. The van der Waals surface area contributed by atoms with E-state index in [0.29, 0.717) is 8.58 Å². The first-order valence-electron chi connectivity index (χ1n) is 7.72. The zero-order valence-corrected chi connectivity index (χ0v) is 15.2. The van der Waals surface area contributed by atoms with Crippen LogP contribution in [0.25, 0.3) is 0 Å². The maximum atomic E-state index is 10.0. The van der Waals surface area contributed by atoms with Crippen molar-refractivity contribution in [1.29, 1.82) is 0 Å². The van der Waals surface area contributed by atoms with Crippen molar-refractivity contribution in [2.24, 2.45) is 0 Å². The average molecular weight is 332 g/mol. The summed E-state index contributed by atoms with van der Waals surface area (Å²) in [7, 11) is 2.14. The summed E-state index contributed by atoms with van der Waals surface area (Å²) < 4.78 is 10.8. The molecule has 0 saturated carbocycles. The largest absolute Gasteiger partial charge is 0.467 e. The number of rotatable bonds is 7. The van der Waals surface area contributed by atoms with Crippen molar-refractivity contribution in [3.63, 3.8) is 0 Å². The van der Waals surface area contributed by atoms with Crippen molar-refractivity contribution in [3.8, 4) is 5.75 Å². The highest BCUT2D eigenvalue weighted by atomic mass is 31.1. The smallest absolute Gasteiger partial charge is 0.188 e. The lowest BCUT2D eigenvalue weighted by molar-refractivity contribution is 0.0501. The SMILES string of the molecule is COCOc1ccccc1C(C)(C)Pc1ccccc1C(C)O. The number of aliphatic hydroxyl groups is 1. The number of benzene rings is 2. The highest BCUT2D eigenvalue weighted by Gasteiger charge is 2.26. The maximum absolute atomic E-state index is 10.0. The second-order valence-corrected chi connectivity index (χ2v) is 8.10. The molecule has 1 N–H and O–H groups in total. The van der Waals surface area contributed by atoms with E-state index in [-0.39, 0.29) is 11.9 Å². The van der Waals surface area contributed by atoms with Crippen molar-refractivity contribution in [3.05, 3.63) is 59.7 Å². The normalized spacial score (nSPS) is 13.4. The third-order valence-corrected chi connectivity index (χ3v) is 5.37. The molecule has 0 radical (unpaired) electrons. The molecule has 4 heteroatoms. The van der Waals surface area contributed by atoms with Gasteiger partial charge in [-0.25, -0.2) is 0 Å². The van der Waals surface area contributed by atoms with Gasteiger partial charge in [0.15, 0.2) is 6.79 Å². The lowest BCUT2D eigenvalue weighted by Gasteiger charge is -2.29. The van der Waals surface area contributed by atoms with Gasteiger partial charge in [0.1, 0.15) is 5.75 Å². The number of hydrogen-bond acceptors (Lipinski definition) is 3. The van der Waals surface area contributed by atoms with Crippen LogP contribution in [0.1, 0.15) is 38.0 Å². The summed E-state index contributed by atoms with van der Waals surface area (Å²) >= 11 is 0. The van der Waals surface area contributed by atoms with Gasteiger partial charge in [-0.2, -0.15) is 0 Å². The van der Waals surface area contributed by atoms with Gasteiger partial charge in [0.2, 0.25) is 0 Å². The standard InChI is InChI=1S/C19H25O3P/c1-14(20)15-9-5-8-12-18(15)23-19(2,3)16-10-6-7-11-17(16)22-13-21-4/h5-12,14,20,23H,13H2,1-4H3. The number of hydrogen-bond donors (Lipinski definition) is 1. The van der Waals surface area contributed by atoms with Gasteiger partial charge in [0.25, 0.3) is 0 Å². The molecule has 0 aromatic heterocycles. The first kappa shape index (κ1) is 17.9. The molecule has 2 aromatic rings. The Morgan fingerprint density at radius 3 is 2.43 bits per heavy atom. The second kappa shape index (κ2) is 7.92. The molecule has 0 aliphatic carbocycles. The molecule has 3 nitrogen and oxygen atoms in total. The van der Waals surface area contributed by atoms with Crippen molar-refractivity contribution in [2.45, 2.75) is 32.0 Å². The number of para-hydroxylation sites is 1. The van der Waals surface area contributed by atoms with Gasteiger partial charge in [0.05, 0.1) is 6.10 Å². The van der Waals surface area contributed by atoms with Gasteiger partial charge in [-0.1, -0.05) is 64.9 Å². The van der Waals surface area contributed by atoms with Crippen molar-refractivity contribution >= 4 is 13.9 Å². The summed E-state index contributed by atoms with van der Waals surface area (Å²) in [6.45, 7) is 6.46. The van der Waals surface area contributed by atoms with E-state index in [1.165, 1.54) is 5.30 Å². The number of aliphatic hydroxyl groups excluding tert-OH is 1. The number of methoxy groups -OCH3 is 1. The first-order valence-corrected chi connectivity index (χ1v) is 8.72. The van der Waals surface area contributed by atoms with Crippen LogP contribution >= 0.6 is 8.58 Å². The zero-order valence-electron chi connectivity index (χ0n) is 14.2. The molecule has 0 bridgehead atoms. The summed E-state index contributed by atoms with van der Waals surface area (Å²) in [5, 5.41) is 11.1. The van der Waals surface area contributed by atoms with Crippen LogP contribution in [0.5, 0.6) is 5.75 Å². The minimum absolute atomic E-state index is 0.102. The topological polar surface area (TPSA) is 38.7 Å². The summed E-state index contributed by atoms with van der Waals surface area (Å²) in [6, 6.07) is 16.2. The van der Waals surface area contributed by atoms with Gasteiger partial charge in [-0.3, -0.25) is 0 Å². The van der Waals surface area contributed by atoms with Crippen LogP contribution in [0.15, 0.2) is 48.5 Å². The molecule has 0 aliphatic heterocycles. The van der Waals surface area contributed by atoms with Crippen LogP contribution in [0.3, 0.4) is 0 Å². The van der Waals surface area contributed by atoms with E-state index in [2.05, 4.69) is 26.0 Å². The van der Waals surface area contributed by atoms with Crippen LogP contribution in [0.2, 0.25) is 0 Å². The Hall–Kier alpha value is -1.41. The van der Waals surface area contributed by atoms with E-state index >= 15 is 0 Å². The fourth-order valence-electron chi connectivity index (χ4n) is 2.61. The predicted octanol–water partition coefficient (Wildman–Crippen LogP) is 3.96. The van der Waals surface area contributed by atoms with Gasteiger partial charge >= 0.3 is 0 Å². The zero-order chi connectivity index (χ0) is 16.9. The fourth-order valence-corrected chi connectivity index (χ4v) is 4.24. The molecule has 0 heterocycles. The Labute approximate surface area is 140 Å². The van der Waals surface area contributed by atoms with Crippen LogP contribution in [-0.4, -0.2) is 19.0 Å². The van der Waals surface area contributed by atoms with E-state index in [1.807, 2.05) is 43.3 Å². The van der Waals surface area contributed by atoms with Crippen LogP contribution in [-0.2, 0) is 9.89 Å². The van der Waals surface area contributed by atoms with E-state index in [9.17, 15) is 5.11 Å². The average Bonchev–Trinajstić information content (AvgIpc) is 2.53. The van der Waals surface area contributed by atoms with Crippen LogP contribution in [0.4, 0.5) is 0 Å². The second-order valence-electron chi connectivity index (χ2n) is 6.06. The van der Waals surface area contributed by atoms with Gasteiger partial charge < -0.3 is 14.6 Å². The highest BCUT2D eigenvalue weighted by Crippen LogP contribution is 2.45. The monoisotopic (exact) mass is 332 g/mol. The summed E-state index contributed by atoms with van der Waals surface area (Å²) in [4.78, 5) is 0. The third kappa shape index (κ3) is 4.54. The first-order chi connectivity index (χ1) is 11.0. The van der Waals surface area contributed by atoms with Gasteiger partial charge in [-0.05, 0) is 23.9 Å². The van der Waals surface area contributed by atoms with Gasteiger partial charge in [0, 0.05) is 17.8 Å². The Bertz CT molecular complexity index is 638. The minimum atomic E-state index is -0.463. The fraction of sp³-hybridized carbons (Fsp3) is 0.368. The molecular formula is C19H25O3P. The molecule has 0 fully saturated rings. The molecule has 0 aliphatic rings. The summed E-state index contributed by atoms with van der Waals surface area (Å²) in [6.07, 6.45) is -0.463. The summed E-state index contributed by atoms with van der Waals surface area (Å²) in [5.74, 6) is 0.848. The van der Waals surface area contributed by atoms with E-state index in [4.69, 9.17) is 9.47 Å². The molecular weight excluding hydrogens is 307 g/mol. The Morgan fingerprint density at radius 1 is 1.09 bits per heavy atom. The molecule has 2 unspecified atom stereocenters. The van der Waals surface area contributed by atoms with E-state index in [1.54, 1.807) is 7.11 Å². The molecule has 2 rings (SSSR count). The van der Waals surface area contributed by atoms with Crippen molar-refractivity contribution in [1.82, 2.24) is 0 Å². The molecule has 0 amide bonds. The maximum Gasteiger partial charge on any atom is 0.188 e. The molecule has 124 valence electrons. The highest BCUT2D eigenvalue weighted by molar-refractivity contribution is 7.48. The van der Waals surface area contributed by atoms with Gasteiger partial charge in [-0.15, -0.1) is 0 Å². The third-order valence-electron chi connectivity index (χ3n) is 3.75. The molecule has 0 saturated heterocycles. The molecule has 0 spiro atoms. The minimum Gasteiger partial charge on any atom is -0.467 e. The van der Waals surface area contributed by atoms with Crippen molar-refractivity contribution in [2.75, 3.05) is 13.9 Å². The molecule has 23 heavy (non-hydrogen) atoms. The predicted molar refractivity (Wildman–Crippen MR) is 97.0 cm³/mol. The Kier molecular flexibility index (Phi) is 6.17. The lowest BCUT2D eigenvalue weighted by Crippen LogP contribution is -2.19. The van der Waals surface area contributed by atoms with Crippen LogP contribution in [0, 0.1) is 0 Å². The Morgan fingerprint density at radius 2 is 1.74 bits per heavy atom.